The minimum atomic E-state index is 0.170. The number of nitrogens with zero attached hydrogens (tertiary/aromatic N) is 1. The first-order chi connectivity index (χ1) is 9.16. The second-order valence-electron chi connectivity index (χ2n) is 5.76. The highest BCUT2D eigenvalue weighted by atomic mass is 16.5. The van der Waals surface area contributed by atoms with Crippen LogP contribution in [0.4, 0.5) is 5.69 Å². The Morgan fingerprint density at radius 1 is 1.26 bits per heavy atom. The van der Waals surface area contributed by atoms with Crippen molar-refractivity contribution in [2.24, 2.45) is 11.7 Å². The average Bonchev–Trinajstić information content (AvgIpc) is 2.46. The number of nitrogens with two attached hydrogens (primary N) is 1. The molecule has 0 aliphatic heterocycles. The molecule has 3 heteroatoms. The third kappa shape index (κ3) is 4.13. The van der Waals surface area contributed by atoms with Crippen molar-refractivity contribution in [2.45, 2.75) is 38.1 Å². The molecule has 2 rings (SSSR count). The smallest absolute Gasteiger partial charge is 0.121 e. The fraction of sp³-hybridized carbons (Fsp3) is 0.625. The lowest BCUT2D eigenvalue weighted by atomic mass is 9.84. The van der Waals surface area contributed by atoms with Crippen LogP contribution in [0.1, 0.15) is 32.1 Å². The summed E-state index contributed by atoms with van der Waals surface area (Å²) in [5.74, 6) is 1.56. The normalized spacial score (nSPS) is 18.1. The van der Waals surface area contributed by atoms with Crippen LogP contribution >= 0.6 is 0 Å². The fourth-order valence-corrected chi connectivity index (χ4v) is 2.74. The van der Waals surface area contributed by atoms with Crippen molar-refractivity contribution >= 4 is 5.69 Å². The lowest BCUT2D eigenvalue weighted by Crippen LogP contribution is -2.37. The predicted molar refractivity (Wildman–Crippen MR) is 80.8 cm³/mol. The molecule has 1 unspecified atom stereocenters. The fourth-order valence-electron chi connectivity index (χ4n) is 2.74. The summed E-state index contributed by atoms with van der Waals surface area (Å²) in [6.45, 7) is 0.627. The standard InChI is InChI=1S/C16H26N2O/c1-18(2)14-9-6-10-15(11-14)19-12-16(17)13-7-4-3-5-8-13/h6,9-11,13,16H,3-5,7-8,12,17H2,1-2H3. The van der Waals surface area contributed by atoms with E-state index in [2.05, 4.69) is 17.0 Å². The van der Waals surface area contributed by atoms with Crippen LogP contribution in [0.3, 0.4) is 0 Å². The maximum Gasteiger partial charge on any atom is 0.121 e. The highest BCUT2D eigenvalue weighted by Gasteiger charge is 2.20. The van der Waals surface area contributed by atoms with Crippen molar-refractivity contribution in [3.05, 3.63) is 24.3 Å². The molecule has 1 aromatic rings. The number of anilines is 1. The van der Waals surface area contributed by atoms with Gasteiger partial charge in [-0.25, -0.2) is 0 Å². The van der Waals surface area contributed by atoms with Gasteiger partial charge in [0.2, 0.25) is 0 Å². The minimum absolute atomic E-state index is 0.170. The molecule has 0 saturated heterocycles. The molecular weight excluding hydrogens is 236 g/mol. The van der Waals surface area contributed by atoms with Gasteiger partial charge in [0.15, 0.2) is 0 Å². The highest BCUT2D eigenvalue weighted by molar-refractivity contribution is 5.49. The summed E-state index contributed by atoms with van der Waals surface area (Å²) in [5.41, 5.74) is 7.41. The van der Waals surface area contributed by atoms with Gasteiger partial charge in [0.25, 0.3) is 0 Å². The molecule has 0 heterocycles. The Morgan fingerprint density at radius 3 is 2.68 bits per heavy atom. The van der Waals surface area contributed by atoms with E-state index in [0.717, 1.165) is 11.4 Å². The summed E-state index contributed by atoms with van der Waals surface area (Å²) in [5, 5.41) is 0. The lowest BCUT2D eigenvalue weighted by Gasteiger charge is -2.27. The second-order valence-corrected chi connectivity index (χ2v) is 5.76. The Labute approximate surface area is 116 Å². The summed E-state index contributed by atoms with van der Waals surface area (Å²) in [7, 11) is 4.07. The number of hydrogen-bond donors (Lipinski definition) is 1. The molecule has 0 bridgehead atoms. The highest BCUT2D eigenvalue weighted by Crippen LogP contribution is 2.26. The molecule has 1 atom stereocenters. The Hall–Kier alpha value is -1.22. The first kappa shape index (κ1) is 14.2. The molecule has 1 saturated carbocycles. The van der Waals surface area contributed by atoms with Gasteiger partial charge in [-0.1, -0.05) is 25.3 Å². The molecule has 2 N–H and O–H groups in total. The van der Waals surface area contributed by atoms with Gasteiger partial charge in [-0.15, -0.1) is 0 Å². The van der Waals surface area contributed by atoms with Crippen molar-refractivity contribution < 1.29 is 4.74 Å². The van der Waals surface area contributed by atoms with E-state index in [1.54, 1.807) is 0 Å². The molecule has 106 valence electrons. The van der Waals surface area contributed by atoms with Crippen molar-refractivity contribution in [3.8, 4) is 5.75 Å². The molecule has 3 nitrogen and oxygen atoms in total. The summed E-state index contributed by atoms with van der Waals surface area (Å²) in [4.78, 5) is 2.08. The number of rotatable bonds is 5. The molecule has 19 heavy (non-hydrogen) atoms. The molecule has 0 spiro atoms. The van der Waals surface area contributed by atoms with Gasteiger partial charge in [-0.2, -0.15) is 0 Å². The van der Waals surface area contributed by atoms with Crippen LogP contribution in [0.15, 0.2) is 24.3 Å². The van der Waals surface area contributed by atoms with Gasteiger partial charge in [0, 0.05) is 31.9 Å². The molecule has 0 aromatic heterocycles. The summed E-state index contributed by atoms with van der Waals surface area (Å²) < 4.78 is 5.86. The topological polar surface area (TPSA) is 38.5 Å². The third-order valence-electron chi connectivity index (χ3n) is 4.03. The van der Waals surface area contributed by atoms with E-state index in [-0.39, 0.29) is 6.04 Å². The third-order valence-corrected chi connectivity index (χ3v) is 4.03. The van der Waals surface area contributed by atoms with E-state index in [4.69, 9.17) is 10.5 Å². The molecule has 1 aliphatic rings. The minimum Gasteiger partial charge on any atom is -0.492 e. The Kier molecular flexibility index (Phi) is 5.08. The van der Waals surface area contributed by atoms with Crippen LogP contribution < -0.4 is 15.4 Å². The van der Waals surface area contributed by atoms with Gasteiger partial charge in [-0.3, -0.25) is 0 Å². The van der Waals surface area contributed by atoms with Crippen LogP contribution in [-0.4, -0.2) is 26.7 Å². The van der Waals surface area contributed by atoms with E-state index >= 15 is 0 Å². The zero-order chi connectivity index (χ0) is 13.7. The SMILES string of the molecule is CN(C)c1cccc(OCC(N)C2CCCCC2)c1. The maximum atomic E-state index is 6.26. The zero-order valence-corrected chi connectivity index (χ0v) is 12.1. The van der Waals surface area contributed by atoms with Crippen LogP contribution in [0, 0.1) is 5.92 Å². The Balaban J connectivity index is 1.85. The van der Waals surface area contributed by atoms with Gasteiger partial charge in [-0.05, 0) is 30.9 Å². The largest absolute Gasteiger partial charge is 0.492 e. The lowest BCUT2D eigenvalue weighted by molar-refractivity contribution is 0.214. The molecule has 0 radical (unpaired) electrons. The number of benzene rings is 1. The van der Waals surface area contributed by atoms with Crippen molar-refractivity contribution in [3.63, 3.8) is 0 Å². The second kappa shape index (κ2) is 6.80. The van der Waals surface area contributed by atoms with Crippen molar-refractivity contribution in [2.75, 3.05) is 25.6 Å². The van der Waals surface area contributed by atoms with Gasteiger partial charge in [0.1, 0.15) is 12.4 Å². The van der Waals surface area contributed by atoms with Crippen LogP contribution in [0.25, 0.3) is 0 Å². The predicted octanol–water partition coefficient (Wildman–Crippen LogP) is 3.04. The first-order valence-corrected chi connectivity index (χ1v) is 7.32. The Bertz CT molecular complexity index is 386. The van der Waals surface area contributed by atoms with Crippen LogP contribution in [-0.2, 0) is 0 Å². The molecular formula is C16H26N2O. The van der Waals surface area contributed by atoms with Gasteiger partial charge in [0.05, 0.1) is 0 Å². The molecule has 1 fully saturated rings. The molecule has 0 amide bonds. The zero-order valence-electron chi connectivity index (χ0n) is 12.1. The van der Waals surface area contributed by atoms with E-state index in [0.29, 0.717) is 12.5 Å². The Morgan fingerprint density at radius 2 is 2.00 bits per heavy atom. The maximum absolute atomic E-state index is 6.26. The quantitative estimate of drug-likeness (QED) is 0.886. The molecule has 1 aliphatic carbocycles. The van der Waals surface area contributed by atoms with Crippen LogP contribution in [0.5, 0.6) is 5.75 Å². The van der Waals surface area contributed by atoms with Crippen molar-refractivity contribution in [1.29, 1.82) is 0 Å². The number of hydrogen-bond acceptors (Lipinski definition) is 3. The first-order valence-electron chi connectivity index (χ1n) is 7.32. The number of ether oxygens (including phenoxy) is 1. The summed E-state index contributed by atoms with van der Waals surface area (Å²) in [6, 6.07) is 8.34. The van der Waals surface area contributed by atoms with E-state index in [1.165, 1.54) is 32.1 Å². The van der Waals surface area contributed by atoms with Gasteiger partial charge < -0.3 is 15.4 Å². The van der Waals surface area contributed by atoms with E-state index in [9.17, 15) is 0 Å². The van der Waals surface area contributed by atoms with Crippen molar-refractivity contribution in [1.82, 2.24) is 0 Å². The summed E-state index contributed by atoms with van der Waals surface area (Å²) in [6.07, 6.45) is 6.56. The monoisotopic (exact) mass is 262 g/mol. The van der Waals surface area contributed by atoms with Crippen LogP contribution in [0.2, 0.25) is 0 Å². The average molecular weight is 262 g/mol. The van der Waals surface area contributed by atoms with E-state index in [1.807, 2.05) is 26.2 Å². The summed E-state index contributed by atoms with van der Waals surface area (Å²) >= 11 is 0. The van der Waals surface area contributed by atoms with E-state index < -0.39 is 0 Å². The molecule has 1 aromatic carbocycles. The van der Waals surface area contributed by atoms with Gasteiger partial charge >= 0.3 is 0 Å².